The standard InChI is InChI=1S/C19H17FN4O4S/c1-10-2-4-12-15(6-10)29-18-17(12)19(26)23(9-21-18)8-16(25)22-14-7-11(24(27)28)3-5-13(14)20/h3,5,7,9-10H,2,4,6,8H2,1H3,(H,22,25)/t10-/m0/s1. The fourth-order valence-corrected chi connectivity index (χ4v) is 4.89. The van der Waals surface area contributed by atoms with E-state index >= 15 is 0 Å². The van der Waals surface area contributed by atoms with Crippen molar-refractivity contribution in [3.05, 3.63) is 61.3 Å². The van der Waals surface area contributed by atoms with Crippen LogP contribution in [-0.4, -0.2) is 20.4 Å². The van der Waals surface area contributed by atoms with E-state index in [0.717, 1.165) is 43.0 Å². The molecule has 1 amide bonds. The first-order chi connectivity index (χ1) is 13.8. The first-order valence-corrected chi connectivity index (χ1v) is 9.88. The van der Waals surface area contributed by atoms with Crippen LogP contribution in [0.15, 0.2) is 29.3 Å². The molecule has 0 saturated carbocycles. The van der Waals surface area contributed by atoms with E-state index in [-0.39, 0.29) is 23.5 Å². The van der Waals surface area contributed by atoms with Gasteiger partial charge in [-0.05, 0) is 36.8 Å². The maximum atomic E-state index is 13.9. The molecule has 1 aliphatic carbocycles. The molecule has 0 saturated heterocycles. The van der Waals surface area contributed by atoms with Crippen molar-refractivity contribution in [1.82, 2.24) is 9.55 Å². The Morgan fingerprint density at radius 2 is 2.28 bits per heavy atom. The molecule has 2 heterocycles. The number of hydrogen-bond donors (Lipinski definition) is 1. The van der Waals surface area contributed by atoms with Gasteiger partial charge in [-0.1, -0.05) is 6.92 Å². The number of thiophene rings is 1. The second-order valence-electron chi connectivity index (χ2n) is 7.18. The molecule has 4 rings (SSSR count). The number of aryl methyl sites for hydroxylation is 1. The van der Waals surface area contributed by atoms with E-state index in [1.807, 2.05) is 0 Å². The van der Waals surface area contributed by atoms with Gasteiger partial charge in [0.25, 0.3) is 11.2 Å². The molecule has 0 fully saturated rings. The van der Waals surface area contributed by atoms with Gasteiger partial charge < -0.3 is 5.32 Å². The Labute approximate surface area is 168 Å². The Kier molecular flexibility index (Phi) is 4.87. The van der Waals surface area contributed by atoms with Crippen molar-refractivity contribution in [2.75, 3.05) is 5.32 Å². The molecule has 1 aliphatic rings. The molecule has 1 aromatic carbocycles. The quantitative estimate of drug-likeness (QED) is 0.519. The molecule has 10 heteroatoms. The second kappa shape index (κ2) is 7.36. The van der Waals surface area contributed by atoms with Crippen LogP contribution in [0.2, 0.25) is 0 Å². The van der Waals surface area contributed by atoms with Crippen LogP contribution < -0.4 is 10.9 Å². The summed E-state index contributed by atoms with van der Waals surface area (Å²) in [6.07, 6.45) is 4.03. The number of rotatable bonds is 4. The number of nitro benzene ring substituents is 1. The zero-order valence-corrected chi connectivity index (χ0v) is 16.3. The molecule has 0 radical (unpaired) electrons. The van der Waals surface area contributed by atoms with Crippen molar-refractivity contribution in [3.63, 3.8) is 0 Å². The number of nitrogens with one attached hydrogen (secondary N) is 1. The van der Waals surface area contributed by atoms with E-state index in [4.69, 9.17) is 0 Å². The van der Waals surface area contributed by atoms with E-state index < -0.39 is 16.6 Å². The number of hydrogen-bond acceptors (Lipinski definition) is 6. The van der Waals surface area contributed by atoms with Crippen molar-refractivity contribution in [1.29, 1.82) is 0 Å². The fraction of sp³-hybridized carbons (Fsp3) is 0.316. The second-order valence-corrected chi connectivity index (χ2v) is 8.26. The number of fused-ring (bicyclic) bond motifs is 3. The largest absolute Gasteiger partial charge is 0.322 e. The van der Waals surface area contributed by atoms with Crippen LogP contribution in [-0.2, 0) is 24.2 Å². The number of benzene rings is 1. The lowest BCUT2D eigenvalue weighted by Gasteiger charge is -2.17. The Morgan fingerprint density at radius 1 is 1.48 bits per heavy atom. The molecule has 2 aromatic heterocycles. The minimum Gasteiger partial charge on any atom is -0.322 e. The van der Waals surface area contributed by atoms with E-state index in [1.54, 1.807) is 0 Å². The number of non-ortho nitro benzene ring substituents is 1. The monoisotopic (exact) mass is 416 g/mol. The van der Waals surface area contributed by atoms with Crippen molar-refractivity contribution in [2.45, 2.75) is 32.7 Å². The summed E-state index contributed by atoms with van der Waals surface area (Å²) < 4.78 is 15.1. The molecule has 0 unspecified atom stereocenters. The van der Waals surface area contributed by atoms with Crippen molar-refractivity contribution < 1.29 is 14.1 Å². The summed E-state index contributed by atoms with van der Waals surface area (Å²) in [5.41, 5.74) is 0.0473. The molecule has 29 heavy (non-hydrogen) atoms. The molecule has 0 spiro atoms. The SMILES string of the molecule is C[C@H]1CCc2c(sc3ncn(CC(=O)Nc4cc([N+](=O)[O-])ccc4F)c(=O)c23)C1. The summed E-state index contributed by atoms with van der Waals surface area (Å²) in [5.74, 6) is -0.912. The molecule has 8 nitrogen and oxygen atoms in total. The van der Waals surface area contributed by atoms with Crippen molar-refractivity contribution >= 4 is 38.8 Å². The predicted octanol–water partition coefficient (Wildman–Crippen LogP) is 3.27. The van der Waals surface area contributed by atoms with Gasteiger partial charge in [-0.15, -0.1) is 11.3 Å². The van der Waals surface area contributed by atoms with Gasteiger partial charge in [0.1, 0.15) is 17.2 Å². The number of anilines is 1. The first-order valence-electron chi connectivity index (χ1n) is 9.07. The van der Waals surface area contributed by atoms with Gasteiger partial charge >= 0.3 is 0 Å². The lowest BCUT2D eigenvalue weighted by Crippen LogP contribution is -2.28. The fourth-order valence-electron chi connectivity index (χ4n) is 3.55. The normalized spacial score (nSPS) is 15.9. The minimum absolute atomic E-state index is 0.309. The first kappa shape index (κ1) is 19.2. The molecule has 3 aromatic rings. The maximum Gasteiger partial charge on any atom is 0.271 e. The third-order valence-electron chi connectivity index (χ3n) is 5.03. The Morgan fingerprint density at radius 3 is 3.03 bits per heavy atom. The molecule has 1 N–H and O–H groups in total. The smallest absolute Gasteiger partial charge is 0.271 e. The summed E-state index contributed by atoms with van der Waals surface area (Å²) in [6.45, 7) is 1.81. The summed E-state index contributed by atoms with van der Waals surface area (Å²) in [6, 6.07) is 2.86. The number of carbonyl (C=O) groups is 1. The van der Waals surface area contributed by atoms with E-state index in [0.29, 0.717) is 16.1 Å². The predicted molar refractivity (Wildman–Crippen MR) is 107 cm³/mol. The third-order valence-corrected chi connectivity index (χ3v) is 6.19. The lowest BCUT2D eigenvalue weighted by molar-refractivity contribution is -0.384. The van der Waals surface area contributed by atoms with Crippen LogP contribution in [0, 0.1) is 21.8 Å². The van der Waals surface area contributed by atoms with Crippen LogP contribution >= 0.6 is 11.3 Å². The highest BCUT2D eigenvalue weighted by Crippen LogP contribution is 2.35. The molecule has 150 valence electrons. The van der Waals surface area contributed by atoms with Gasteiger partial charge in [0, 0.05) is 17.0 Å². The van der Waals surface area contributed by atoms with Crippen molar-refractivity contribution in [3.8, 4) is 0 Å². The van der Waals surface area contributed by atoms with Crippen LogP contribution in [0.3, 0.4) is 0 Å². The number of halogens is 1. The van der Waals surface area contributed by atoms with Gasteiger partial charge in [0.15, 0.2) is 0 Å². The molecular formula is C19H17FN4O4S. The van der Waals surface area contributed by atoms with Gasteiger partial charge in [-0.25, -0.2) is 9.37 Å². The van der Waals surface area contributed by atoms with Crippen molar-refractivity contribution in [2.24, 2.45) is 5.92 Å². The zero-order valence-electron chi connectivity index (χ0n) is 15.5. The van der Waals surface area contributed by atoms with Gasteiger partial charge in [0.2, 0.25) is 5.91 Å². The highest BCUT2D eigenvalue weighted by atomic mass is 32.1. The Hall–Kier alpha value is -3.14. The summed E-state index contributed by atoms with van der Waals surface area (Å²) >= 11 is 1.52. The third kappa shape index (κ3) is 3.63. The molecule has 0 bridgehead atoms. The number of nitrogens with zero attached hydrogens (tertiary/aromatic N) is 3. The van der Waals surface area contributed by atoms with E-state index in [1.165, 1.54) is 27.1 Å². The molecule has 0 aliphatic heterocycles. The van der Waals surface area contributed by atoms with Crippen LogP contribution in [0.4, 0.5) is 15.8 Å². The van der Waals surface area contributed by atoms with E-state index in [9.17, 15) is 24.1 Å². The van der Waals surface area contributed by atoms with E-state index in [2.05, 4.69) is 17.2 Å². The molecule has 1 atom stereocenters. The van der Waals surface area contributed by atoms with Gasteiger partial charge in [-0.3, -0.25) is 24.3 Å². The topological polar surface area (TPSA) is 107 Å². The number of carbonyl (C=O) groups excluding carboxylic acids is 1. The Bertz CT molecular complexity index is 1200. The number of amides is 1. The molecular weight excluding hydrogens is 399 g/mol. The summed E-state index contributed by atoms with van der Waals surface area (Å²) in [4.78, 5) is 41.6. The van der Waals surface area contributed by atoms with Gasteiger partial charge in [0.05, 0.1) is 22.3 Å². The number of nitro groups is 1. The highest BCUT2D eigenvalue weighted by Gasteiger charge is 2.23. The highest BCUT2D eigenvalue weighted by molar-refractivity contribution is 7.18. The van der Waals surface area contributed by atoms with Crippen LogP contribution in [0.25, 0.3) is 10.2 Å². The summed E-state index contributed by atoms with van der Waals surface area (Å²) in [7, 11) is 0. The van der Waals surface area contributed by atoms with Gasteiger partial charge in [-0.2, -0.15) is 0 Å². The summed E-state index contributed by atoms with van der Waals surface area (Å²) in [5, 5.41) is 13.7. The lowest BCUT2D eigenvalue weighted by atomic mass is 9.89. The average molecular weight is 416 g/mol. The zero-order chi connectivity index (χ0) is 20.7. The Balaban J connectivity index is 1.61. The average Bonchev–Trinajstić information content (AvgIpc) is 3.03. The van der Waals surface area contributed by atoms with Crippen LogP contribution in [0.1, 0.15) is 23.8 Å². The number of aromatic nitrogens is 2. The van der Waals surface area contributed by atoms with Crippen LogP contribution in [0.5, 0.6) is 0 Å². The minimum atomic E-state index is -0.800. The maximum absolute atomic E-state index is 13.9.